The van der Waals surface area contributed by atoms with Crippen molar-refractivity contribution in [3.8, 4) is 0 Å². The predicted molar refractivity (Wildman–Crippen MR) is 103 cm³/mol. The van der Waals surface area contributed by atoms with E-state index in [0.29, 0.717) is 12.1 Å². The molecule has 1 aliphatic heterocycles. The van der Waals surface area contributed by atoms with E-state index in [0.717, 1.165) is 11.0 Å². The van der Waals surface area contributed by atoms with Gasteiger partial charge in [0.15, 0.2) is 0 Å². The van der Waals surface area contributed by atoms with Crippen molar-refractivity contribution in [2.45, 2.75) is 45.8 Å². The van der Waals surface area contributed by atoms with E-state index >= 15 is 0 Å². The molecule has 1 aromatic rings. The molecule has 0 saturated carbocycles. The van der Waals surface area contributed by atoms with Gasteiger partial charge in [0.1, 0.15) is 0 Å². The molecule has 1 heterocycles. The average molecular weight is 358 g/mol. The number of rotatable bonds is 5. The first kappa shape index (κ1) is 20.2. The first-order valence-electron chi connectivity index (χ1n) is 8.68. The van der Waals surface area contributed by atoms with Crippen LogP contribution in [-0.4, -0.2) is 43.7 Å². The Hall–Kier alpha value is -2.12. The largest absolute Gasteiger partial charge is 0.492 e. The maximum atomic E-state index is 11.7. The van der Waals surface area contributed by atoms with E-state index in [1.807, 2.05) is 45.9 Å². The van der Waals surface area contributed by atoms with Gasteiger partial charge in [-0.25, -0.2) is 0 Å². The fourth-order valence-corrected chi connectivity index (χ4v) is 2.51. The number of nitrogens with one attached hydrogen (secondary N) is 2. The molecule has 0 bridgehead atoms. The van der Waals surface area contributed by atoms with Crippen LogP contribution in [0.1, 0.15) is 50.5 Å². The molecule has 26 heavy (non-hydrogen) atoms. The van der Waals surface area contributed by atoms with Gasteiger partial charge in [-0.3, -0.25) is 9.59 Å². The molecule has 0 atom stereocenters. The molecule has 0 radical (unpaired) electrons. The van der Waals surface area contributed by atoms with Gasteiger partial charge in [-0.2, -0.15) is 0 Å². The van der Waals surface area contributed by atoms with Gasteiger partial charge < -0.3 is 19.9 Å². The monoisotopic (exact) mass is 358 g/mol. The van der Waals surface area contributed by atoms with Crippen molar-refractivity contribution in [3.63, 3.8) is 0 Å². The summed E-state index contributed by atoms with van der Waals surface area (Å²) in [6, 6.07) is 7.21. The van der Waals surface area contributed by atoms with Crippen molar-refractivity contribution in [2.24, 2.45) is 0 Å². The molecule has 1 fully saturated rings. The van der Waals surface area contributed by atoms with Gasteiger partial charge in [0, 0.05) is 26.1 Å². The SMILES string of the molecule is CNC(=O)c1ccc(C=C(CNC(C)=O)B2OC(C)(C)C(C)(C)O2)cc1. The molecular formula is C19H27BN2O4. The quantitative estimate of drug-likeness (QED) is 0.792. The Morgan fingerprint density at radius 1 is 1.08 bits per heavy atom. The minimum Gasteiger partial charge on any atom is -0.400 e. The van der Waals surface area contributed by atoms with E-state index in [1.165, 1.54) is 6.92 Å². The third-order valence-corrected chi connectivity index (χ3v) is 4.85. The lowest BCUT2D eigenvalue weighted by Crippen LogP contribution is -2.41. The highest BCUT2D eigenvalue weighted by Gasteiger charge is 2.52. The minimum atomic E-state index is -0.550. The van der Waals surface area contributed by atoms with E-state index in [9.17, 15) is 9.59 Å². The molecule has 6 nitrogen and oxygen atoms in total. The normalized spacial score (nSPS) is 18.5. The van der Waals surface area contributed by atoms with Gasteiger partial charge >= 0.3 is 7.12 Å². The van der Waals surface area contributed by atoms with Crippen molar-refractivity contribution in [3.05, 3.63) is 40.9 Å². The van der Waals surface area contributed by atoms with E-state index in [-0.39, 0.29) is 11.8 Å². The topological polar surface area (TPSA) is 76.7 Å². The van der Waals surface area contributed by atoms with E-state index in [2.05, 4.69) is 10.6 Å². The van der Waals surface area contributed by atoms with Crippen LogP contribution in [0.2, 0.25) is 0 Å². The lowest BCUT2D eigenvalue weighted by molar-refractivity contribution is -0.118. The van der Waals surface area contributed by atoms with Gasteiger partial charge in [-0.15, -0.1) is 0 Å². The number of carbonyl (C=O) groups excluding carboxylic acids is 2. The summed E-state index contributed by atoms with van der Waals surface area (Å²) in [5, 5.41) is 5.40. The zero-order valence-corrected chi connectivity index (χ0v) is 16.3. The van der Waals surface area contributed by atoms with Crippen LogP contribution >= 0.6 is 0 Å². The first-order chi connectivity index (χ1) is 12.1. The molecular weight excluding hydrogens is 331 g/mol. The van der Waals surface area contributed by atoms with Crippen LogP contribution in [0, 0.1) is 0 Å². The first-order valence-corrected chi connectivity index (χ1v) is 8.68. The second-order valence-electron chi connectivity index (χ2n) is 7.42. The van der Waals surface area contributed by atoms with Crippen molar-refractivity contribution < 1.29 is 18.9 Å². The minimum absolute atomic E-state index is 0.123. The molecule has 0 spiro atoms. The zero-order valence-electron chi connectivity index (χ0n) is 16.3. The van der Waals surface area contributed by atoms with Crippen LogP contribution in [0.15, 0.2) is 29.7 Å². The zero-order chi connectivity index (χ0) is 19.5. The molecule has 1 aromatic carbocycles. The summed E-state index contributed by atoms with van der Waals surface area (Å²) in [5.41, 5.74) is 1.37. The van der Waals surface area contributed by atoms with Crippen LogP contribution in [0.25, 0.3) is 6.08 Å². The second-order valence-corrected chi connectivity index (χ2v) is 7.42. The molecule has 2 N–H and O–H groups in total. The van der Waals surface area contributed by atoms with Crippen molar-refractivity contribution >= 4 is 25.0 Å². The summed E-state index contributed by atoms with van der Waals surface area (Å²) in [5.74, 6) is -0.257. The number of hydrogen-bond donors (Lipinski definition) is 2. The standard InChI is InChI=1S/C19H27BN2O4/c1-13(23)22-12-16(20-25-18(2,3)19(4,5)26-20)11-14-7-9-15(10-8-14)17(24)21-6/h7-11H,12H2,1-6H3,(H,21,24)(H,22,23). The number of carbonyl (C=O) groups is 2. The Morgan fingerprint density at radius 2 is 1.62 bits per heavy atom. The highest BCUT2D eigenvalue weighted by Crippen LogP contribution is 2.38. The van der Waals surface area contributed by atoms with E-state index < -0.39 is 18.3 Å². The molecule has 140 valence electrons. The highest BCUT2D eigenvalue weighted by atomic mass is 16.7. The Balaban J connectivity index is 2.28. The Bertz CT molecular complexity index is 695. The summed E-state index contributed by atoms with van der Waals surface area (Å²) >= 11 is 0. The lowest BCUT2D eigenvalue weighted by Gasteiger charge is -2.32. The average Bonchev–Trinajstić information content (AvgIpc) is 2.78. The molecule has 0 aliphatic carbocycles. The smallest absolute Gasteiger partial charge is 0.400 e. The molecule has 1 saturated heterocycles. The molecule has 1 aliphatic rings. The van der Waals surface area contributed by atoms with Gasteiger partial charge in [0.05, 0.1) is 11.2 Å². The maximum Gasteiger partial charge on any atom is 0.492 e. The molecule has 2 rings (SSSR count). The van der Waals surface area contributed by atoms with E-state index in [1.54, 1.807) is 19.2 Å². The van der Waals surface area contributed by atoms with Crippen LogP contribution in [0.3, 0.4) is 0 Å². The van der Waals surface area contributed by atoms with Crippen molar-refractivity contribution in [1.29, 1.82) is 0 Å². The summed E-state index contributed by atoms with van der Waals surface area (Å²) in [6.45, 7) is 9.74. The number of hydrogen-bond acceptors (Lipinski definition) is 4. The Morgan fingerprint density at radius 3 is 2.08 bits per heavy atom. The van der Waals surface area contributed by atoms with Crippen molar-refractivity contribution in [2.75, 3.05) is 13.6 Å². The third kappa shape index (κ3) is 4.53. The van der Waals surface area contributed by atoms with Crippen LogP contribution < -0.4 is 10.6 Å². The molecule has 0 unspecified atom stereocenters. The Labute approximate surface area is 155 Å². The van der Waals surface area contributed by atoms with Crippen LogP contribution in [0.5, 0.6) is 0 Å². The fourth-order valence-electron chi connectivity index (χ4n) is 2.51. The summed E-state index contributed by atoms with van der Waals surface area (Å²) in [6.07, 6.45) is 1.92. The maximum absolute atomic E-state index is 11.7. The number of amides is 2. The fraction of sp³-hybridized carbons (Fsp3) is 0.474. The summed E-state index contributed by atoms with van der Waals surface area (Å²) in [7, 11) is 1.05. The second kappa shape index (κ2) is 7.64. The van der Waals surface area contributed by atoms with Gasteiger partial charge in [0.25, 0.3) is 5.91 Å². The lowest BCUT2D eigenvalue weighted by atomic mass is 9.77. The summed E-state index contributed by atoms with van der Waals surface area (Å²) < 4.78 is 12.2. The van der Waals surface area contributed by atoms with Gasteiger partial charge in [-0.05, 0) is 50.9 Å². The summed E-state index contributed by atoms with van der Waals surface area (Å²) in [4.78, 5) is 23.0. The van der Waals surface area contributed by atoms with Crippen molar-refractivity contribution in [1.82, 2.24) is 10.6 Å². The van der Waals surface area contributed by atoms with Crippen LogP contribution in [0.4, 0.5) is 0 Å². The molecule has 0 aromatic heterocycles. The van der Waals surface area contributed by atoms with Gasteiger partial charge in [0.2, 0.25) is 5.91 Å². The Kier molecular flexibility index (Phi) is 5.93. The third-order valence-electron chi connectivity index (χ3n) is 4.85. The molecule has 2 amide bonds. The van der Waals surface area contributed by atoms with Crippen LogP contribution in [-0.2, 0) is 14.1 Å². The predicted octanol–water partition coefficient (Wildman–Crippen LogP) is 2.20. The van der Waals surface area contributed by atoms with E-state index in [4.69, 9.17) is 9.31 Å². The highest BCUT2D eigenvalue weighted by molar-refractivity contribution is 6.56. The number of benzene rings is 1. The van der Waals surface area contributed by atoms with Gasteiger partial charge in [-0.1, -0.05) is 18.2 Å². The molecule has 7 heteroatoms.